The standard InChI is InChI=1S/C38H75N2/c1-4-7-10-13-16-18-19-20-21-23-26-29-32-35-40-37-36-39(34-31-28-25-22-17-14-11-8-5-2)38(40)33-30-27-24-15-12-9-6-3/h36-37H,4-35H2,1-3H3/q+1. The molecule has 2 heteroatoms. The molecule has 0 amide bonds. The van der Waals surface area contributed by atoms with Crippen molar-refractivity contribution >= 4 is 0 Å². The third-order valence-electron chi connectivity index (χ3n) is 9.10. The predicted molar refractivity (Wildman–Crippen MR) is 179 cm³/mol. The Morgan fingerprint density at radius 1 is 0.425 bits per heavy atom. The zero-order valence-electron chi connectivity index (χ0n) is 28.2. The van der Waals surface area contributed by atoms with Crippen LogP contribution in [0.4, 0.5) is 0 Å². The van der Waals surface area contributed by atoms with Crippen LogP contribution in [0.3, 0.4) is 0 Å². The zero-order chi connectivity index (χ0) is 28.8. The number of hydrogen-bond acceptors (Lipinski definition) is 0. The molecule has 1 rings (SSSR count). The zero-order valence-corrected chi connectivity index (χ0v) is 28.2. The first-order chi connectivity index (χ1) is 19.8. The minimum Gasteiger partial charge on any atom is -0.234 e. The smallest absolute Gasteiger partial charge is 0.234 e. The molecule has 0 bridgehead atoms. The number of rotatable bonds is 32. The highest BCUT2D eigenvalue weighted by Gasteiger charge is 2.16. The average molecular weight is 560 g/mol. The normalized spacial score (nSPS) is 11.6. The minimum atomic E-state index is 1.23. The summed E-state index contributed by atoms with van der Waals surface area (Å²) < 4.78 is 5.25. The van der Waals surface area contributed by atoms with Gasteiger partial charge in [-0.25, -0.2) is 9.13 Å². The Balaban J connectivity index is 2.28. The van der Waals surface area contributed by atoms with Gasteiger partial charge < -0.3 is 0 Å². The van der Waals surface area contributed by atoms with E-state index in [0.29, 0.717) is 0 Å². The first-order valence-corrected chi connectivity index (χ1v) is 18.9. The van der Waals surface area contributed by atoms with Crippen LogP contribution in [0.15, 0.2) is 12.4 Å². The topological polar surface area (TPSA) is 8.81 Å². The molecule has 0 unspecified atom stereocenters. The van der Waals surface area contributed by atoms with E-state index < -0.39 is 0 Å². The quantitative estimate of drug-likeness (QED) is 0.0613. The molecule has 0 fully saturated rings. The van der Waals surface area contributed by atoms with Gasteiger partial charge in [-0.1, -0.05) is 175 Å². The van der Waals surface area contributed by atoms with E-state index >= 15 is 0 Å². The van der Waals surface area contributed by atoms with Crippen LogP contribution in [0.5, 0.6) is 0 Å². The van der Waals surface area contributed by atoms with Crippen molar-refractivity contribution in [1.82, 2.24) is 4.57 Å². The lowest BCUT2D eigenvalue weighted by molar-refractivity contribution is -0.704. The third-order valence-corrected chi connectivity index (χ3v) is 9.10. The van der Waals surface area contributed by atoms with Crippen LogP contribution >= 0.6 is 0 Å². The highest BCUT2D eigenvalue weighted by molar-refractivity contribution is 4.84. The van der Waals surface area contributed by atoms with E-state index in [9.17, 15) is 0 Å². The monoisotopic (exact) mass is 560 g/mol. The highest BCUT2D eigenvalue weighted by Crippen LogP contribution is 2.15. The molecule has 0 radical (unpaired) electrons. The molecular formula is C38H75N2+. The van der Waals surface area contributed by atoms with Crippen molar-refractivity contribution in [3.63, 3.8) is 0 Å². The Bertz CT molecular complexity index is 619. The maximum atomic E-state index is 2.63. The summed E-state index contributed by atoms with van der Waals surface area (Å²) in [6, 6.07) is 0. The SMILES string of the molecule is CCCCCCCCCCCCCCCn1cc[n+](CCCCCCCCCCC)c1CCCCCCCCC. The fourth-order valence-corrected chi connectivity index (χ4v) is 6.33. The van der Waals surface area contributed by atoms with Gasteiger partial charge in [-0.3, -0.25) is 0 Å². The summed E-state index contributed by atoms with van der Waals surface area (Å²) in [6.07, 6.45) is 47.4. The molecule has 0 aliphatic rings. The second-order valence-electron chi connectivity index (χ2n) is 13.0. The number of nitrogens with zero attached hydrogens (tertiary/aromatic N) is 2. The van der Waals surface area contributed by atoms with Crippen molar-refractivity contribution in [2.24, 2.45) is 0 Å². The summed E-state index contributed by atoms with van der Waals surface area (Å²) in [4.78, 5) is 0. The van der Waals surface area contributed by atoms with Crippen LogP contribution in [0.25, 0.3) is 0 Å². The average Bonchev–Trinajstić information content (AvgIpc) is 3.35. The van der Waals surface area contributed by atoms with Gasteiger partial charge in [0.05, 0.1) is 13.1 Å². The lowest BCUT2D eigenvalue weighted by Crippen LogP contribution is -2.37. The first-order valence-electron chi connectivity index (χ1n) is 18.9. The second kappa shape index (κ2) is 29.7. The Kier molecular flexibility index (Phi) is 27.6. The lowest BCUT2D eigenvalue weighted by atomic mass is 10.0. The number of unbranched alkanes of at least 4 members (excludes halogenated alkanes) is 26. The minimum absolute atomic E-state index is 1.23. The number of aromatic nitrogens is 2. The van der Waals surface area contributed by atoms with Crippen molar-refractivity contribution in [3.8, 4) is 0 Å². The lowest BCUT2D eigenvalue weighted by Gasteiger charge is -2.07. The number of aryl methyl sites for hydroxylation is 2. The summed E-state index contributed by atoms with van der Waals surface area (Å²) in [5.41, 5.74) is 0. The van der Waals surface area contributed by atoms with Crippen LogP contribution < -0.4 is 4.57 Å². The van der Waals surface area contributed by atoms with Gasteiger partial charge in [-0.05, 0) is 32.1 Å². The molecule has 236 valence electrons. The molecule has 1 aromatic rings. The van der Waals surface area contributed by atoms with Gasteiger partial charge in [0.2, 0.25) is 0 Å². The van der Waals surface area contributed by atoms with E-state index in [1.807, 2.05) is 0 Å². The van der Waals surface area contributed by atoms with Gasteiger partial charge in [0, 0.05) is 6.42 Å². The van der Waals surface area contributed by atoms with Gasteiger partial charge in [-0.2, -0.15) is 0 Å². The first kappa shape index (κ1) is 37.2. The molecular weight excluding hydrogens is 484 g/mol. The van der Waals surface area contributed by atoms with Crippen LogP contribution in [-0.4, -0.2) is 4.57 Å². The maximum Gasteiger partial charge on any atom is 0.256 e. The Labute approximate surface area is 253 Å². The van der Waals surface area contributed by atoms with E-state index in [1.165, 1.54) is 206 Å². The molecule has 2 nitrogen and oxygen atoms in total. The van der Waals surface area contributed by atoms with Gasteiger partial charge in [-0.15, -0.1) is 0 Å². The van der Waals surface area contributed by atoms with Crippen LogP contribution in [0, 0.1) is 0 Å². The summed E-state index contributed by atoms with van der Waals surface area (Å²) in [5.74, 6) is 1.62. The van der Waals surface area contributed by atoms with Gasteiger partial charge in [0.15, 0.2) is 0 Å². The summed E-state index contributed by atoms with van der Waals surface area (Å²) in [5, 5.41) is 0. The molecule has 0 aromatic carbocycles. The Hall–Kier alpha value is -0.790. The predicted octanol–water partition coefficient (Wildman–Crippen LogP) is 12.7. The van der Waals surface area contributed by atoms with E-state index in [2.05, 4.69) is 42.3 Å². The number of imidazole rings is 1. The largest absolute Gasteiger partial charge is 0.256 e. The molecule has 1 heterocycles. The molecule has 0 N–H and O–H groups in total. The van der Waals surface area contributed by atoms with Crippen molar-refractivity contribution in [2.45, 2.75) is 226 Å². The van der Waals surface area contributed by atoms with E-state index in [0.717, 1.165) is 0 Å². The fraction of sp³-hybridized carbons (Fsp3) is 0.921. The molecule has 0 aliphatic carbocycles. The van der Waals surface area contributed by atoms with Crippen LogP contribution in [0.2, 0.25) is 0 Å². The van der Waals surface area contributed by atoms with Gasteiger partial charge in [0.1, 0.15) is 12.4 Å². The second-order valence-corrected chi connectivity index (χ2v) is 13.0. The molecule has 0 aliphatic heterocycles. The fourth-order valence-electron chi connectivity index (χ4n) is 6.33. The Morgan fingerprint density at radius 2 is 0.775 bits per heavy atom. The summed E-state index contributed by atoms with van der Waals surface area (Å²) in [7, 11) is 0. The Morgan fingerprint density at radius 3 is 1.20 bits per heavy atom. The maximum absolute atomic E-state index is 2.63. The molecule has 0 saturated carbocycles. The van der Waals surface area contributed by atoms with Crippen molar-refractivity contribution in [3.05, 3.63) is 18.2 Å². The third kappa shape index (κ3) is 21.9. The summed E-state index contributed by atoms with van der Waals surface area (Å²) >= 11 is 0. The molecule has 1 aromatic heterocycles. The van der Waals surface area contributed by atoms with Crippen LogP contribution in [0.1, 0.15) is 213 Å². The van der Waals surface area contributed by atoms with Gasteiger partial charge >= 0.3 is 0 Å². The molecule has 0 saturated heterocycles. The van der Waals surface area contributed by atoms with E-state index in [-0.39, 0.29) is 0 Å². The molecule has 40 heavy (non-hydrogen) atoms. The van der Waals surface area contributed by atoms with Crippen LogP contribution in [-0.2, 0) is 19.5 Å². The molecule has 0 spiro atoms. The number of hydrogen-bond donors (Lipinski definition) is 0. The van der Waals surface area contributed by atoms with Crippen molar-refractivity contribution in [1.29, 1.82) is 0 Å². The summed E-state index contributed by atoms with van der Waals surface area (Å²) in [6.45, 7) is 9.40. The highest BCUT2D eigenvalue weighted by atomic mass is 15.1. The van der Waals surface area contributed by atoms with Crippen molar-refractivity contribution < 1.29 is 4.57 Å². The van der Waals surface area contributed by atoms with E-state index in [4.69, 9.17) is 0 Å². The molecule has 0 atom stereocenters. The van der Waals surface area contributed by atoms with Crippen molar-refractivity contribution in [2.75, 3.05) is 0 Å². The van der Waals surface area contributed by atoms with Gasteiger partial charge in [0.25, 0.3) is 5.82 Å². The van der Waals surface area contributed by atoms with E-state index in [1.54, 1.807) is 5.82 Å².